The first-order chi connectivity index (χ1) is 11.4. The van der Waals surface area contributed by atoms with Gasteiger partial charge < -0.3 is 4.42 Å². The molecule has 0 atom stereocenters. The largest absolute Gasteiger partial charge is 0.424 e. The summed E-state index contributed by atoms with van der Waals surface area (Å²) in [5.74, 6) is 1.39. The summed E-state index contributed by atoms with van der Waals surface area (Å²) in [4.78, 5) is 2.36. The van der Waals surface area contributed by atoms with Crippen LogP contribution in [0.2, 0.25) is 0 Å². The van der Waals surface area contributed by atoms with Gasteiger partial charge in [0.1, 0.15) is 0 Å². The summed E-state index contributed by atoms with van der Waals surface area (Å²) in [6.07, 6.45) is 1.78. The Morgan fingerprint density at radius 3 is 2.48 bits per heavy atom. The minimum absolute atomic E-state index is 0.684. The molecule has 0 saturated carbocycles. The molecule has 0 unspecified atom stereocenters. The molecule has 3 aromatic rings. The number of hydrogen-bond donors (Lipinski definition) is 0. The molecule has 23 heavy (non-hydrogen) atoms. The van der Waals surface area contributed by atoms with E-state index in [0.29, 0.717) is 18.2 Å². The first kappa shape index (κ1) is 14.2. The van der Waals surface area contributed by atoms with E-state index in [1.54, 1.807) is 0 Å². The average molecular weight is 305 g/mol. The van der Waals surface area contributed by atoms with Crippen LogP contribution in [0.15, 0.2) is 59.0 Å². The van der Waals surface area contributed by atoms with Gasteiger partial charge in [-0.25, -0.2) is 0 Å². The zero-order valence-electron chi connectivity index (χ0n) is 13.0. The van der Waals surface area contributed by atoms with Crippen LogP contribution in [0, 0.1) is 0 Å². The molecule has 2 heterocycles. The lowest BCUT2D eigenvalue weighted by atomic mass is 10.00. The fourth-order valence-corrected chi connectivity index (χ4v) is 3.07. The molecule has 0 fully saturated rings. The van der Waals surface area contributed by atoms with Crippen LogP contribution >= 0.6 is 0 Å². The topological polar surface area (TPSA) is 42.2 Å². The van der Waals surface area contributed by atoms with Gasteiger partial charge in [0.15, 0.2) is 0 Å². The average Bonchev–Trinajstić information content (AvgIpc) is 3.02. The van der Waals surface area contributed by atoms with E-state index in [1.807, 2.05) is 18.2 Å². The molecule has 0 saturated heterocycles. The van der Waals surface area contributed by atoms with Gasteiger partial charge in [-0.1, -0.05) is 54.6 Å². The summed E-state index contributed by atoms with van der Waals surface area (Å²) in [5.41, 5.74) is 4.05. The molecule has 0 radical (unpaired) electrons. The van der Waals surface area contributed by atoms with Gasteiger partial charge in [0.2, 0.25) is 11.8 Å². The summed E-state index contributed by atoms with van der Waals surface area (Å²) < 4.78 is 5.81. The Labute approximate surface area is 135 Å². The summed E-state index contributed by atoms with van der Waals surface area (Å²) in [6, 6.07) is 18.9. The monoisotopic (exact) mass is 305 g/mol. The van der Waals surface area contributed by atoms with Crippen molar-refractivity contribution in [2.45, 2.75) is 25.9 Å². The van der Waals surface area contributed by atoms with Crippen LogP contribution in [0.4, 0.5) is 0 Å². The van der Waals surface area contributed by atoms with E-state index >= 15 is 0 Å². The number of fused-ring (bicyclic) bond motifs is 1. The van der Waals surface area contributed by atoms with Gasteiger partial charge in [-0.05, 0) is 23.1 Å². The van der Waals surface area contributed by atoms with Crippen molar-refractivity contribution in [3.8, 4) is 0 Å². The number of benzene rings is 2. The van der Waals surface area contributed by atoms with Gasteiger partial charge in [0.25, 0.3) is 0 Å². The van der Waals surface area contributed by atoms with E-state index in [2.05, 4.69) is 51.5 Å². The molecule has 0 bridgehead atoms. The van der Waals surface area contributed by atoms with Crippen molar-refractivity contribution in [3.63, 3.8) is 0 Å². The van der Waals surface area contributed by atoms with Gasteiger partial charge in [-0.3, -0.25) is 4.90 Å². The summed E-state index contributed by atoms with van der Waals surface area (Å²) in [6.45, 7) is 2.70. The maximum atomic E-state index is 5.81. The van der Waals surface area contributed by atoms with Crippen LogP contribution in [0.5, 0.6) is 0 Å². The molecule has 1 aliphatic rings. The minimum Gasteiger partial charge on any atom is -0.424 e. The lowest BCUT2D eigenvalue weighted by molar-refractivity contribution is 0.219. The molecule has 4 nitrogen and oxygen atoms in total. The Balaban J connectivity index is 1.41. The third kappa shape index (κ3) is 3.32. The Morgan fingerprint density at radius 2 is 1.61 bits per heavy atom. The van der Waals surface area contributed by atoms with Crippen molar-refractivity contribution in [2.75, 3.05) is 6.54 Å². The molecule has 4 rings (SSSR count). The standard InChI is InChI=1S/C19H19N3O/c1-2-6-15(7-3-1)12-18-20-21-19(23-18)14-22-11-10-16-8-4-5-9-17(16)13-22/h1-9H,10-14H2. The van der Waals surface area contributed by atoms with Crippen LogP contribution in [0.1, 0.15) is 28.5 Å². The summed E-state index contributed by atoms with van der Waals surface area (Å²) >= 11 is 0. The minimum atomic E-state index is 0.684. The highest BCUT2D eigenvalue weighted by atomic mass is 16.4. The number of nitrogens with zero attached hydrogens (tertiary/aromatic N) is 3. The highest BCUT2D eigenvalue weighted by Gasteiger charge is 2.18. The zero-order valence-corrected chi connectivity index (χ0v) is 13.0. The van der Waals surface area contributed by atoms with Crippen LogP contribution in [0.3, 0.4) is 0 Å². The van der Waals surface area contributed by atoms with Crippen molar-refractivity contribution in [1.82, 2.24) is 15.1 Å². The van der Waals surface area contributed by atoms with E-state index in [4.69, 9.17) is 4.42 Å². The lowest BCUT2D eigenvalue weighted by Crippen LogP contribution is -2.30. The normalized spacial score (nSPS) is 14.6. The SMILES string of the molecule is c1ccc(Cc2nnc(CN3CCc4ccccc4C3)o2)cc1. The third-order valence-electron chi connectivity index (χ3n) is 4.28. The smallest absolute Gasteiger partial charge is 0.230 e. The Morgan fingerprint density at radius 1 is 0.870 bits per heavy atom. The molecular formula is C19H19N3O. The van der Waals surface area contributed by atoms with E-state index in [1.165, 1.54) is 16.7 Å². The first-order valence-electron chi connectivity index (χ1n) is 8.01. The van der Waals surface area contributed by atoms with E-state index in [9.17, 15) is 0 Å². The van der Waals surface area contributed by atoms with E-state index in [0.717, 1.165) is 26.1 Å². The fraction of sp³-hybridized carbons (Fsp3) is 0.263. The predicted octanol–water partition coefficient (Wildman–Crippen LogP) is 3.22. The Bertz CT molecular complexity index is 782. The van der Waals surface area contributed by atoms with Gasteiger partial charge >= 0.3 is 0 Å². The molecule has 1 aliphatic heterocycles. The molecule has 116 valence electrons. The van der Waals surface area contributed by atoms with Crippen LogP contribution in [-0.2, 0) is 25.9 Å². The highest BCUT2D eigenvalue weighted by molar-refractivity contribution is 5.29. The van der Waals surface area contributed by atoms with Gasteiger partial charge in [-0.2, -0.15) is 0 Å². The molecule has 2 aromatic carbocycles. The van der Waals surface area contributed by atoms with Crippen molar-refractivity contribution in [3.05, 3.63) is 83.1 Å². The highest BCUT2D eigenvalue weighted by Crippen LogP contribution is 2.20. The van der Waals surface area contributed by atoms with Crippen molar-refractivity contribution in [1.29, 1.82) is 0 Å². The fourth-order valence-electron chi connectivity index (χ4n) is 3.07. The van der Waals surface area contributed by atoms with Crippen LogP contribution in [-0.4, -0.2) is 21.6 Å². The predicted molar refractivity (Wildman–Crippen MR) is 87.8 cm³/mol. The second-order valence-electron chi connectivity index (χ2n) is 5.98. The maximum absolute atomic E-state index is 5.81. The van der Waals surface area contributed by atoms with E-state index < -0.39 is 0 Å². The first-order valence-corrected chi connectivity index (χ1v) is 8.01. The molecule has 0 spiro atoms. The quantitative estimate of drug-likeness (QED) is 0.742. The van der Waals surface area contributed by atoms with Crippen molar-refractivity contribution < 1.29 is 4.42 Å². The van der Waals surface area contributed by atoms with Crippen molar-refractivity contribution in [2.24, 2.45) is 0 Å². The molecule has 0 aliphatic carbocycles. The zero-order chi connectivity index (χ0) is 15.5. The van der Waals surface area contributed by atoms with Crippen LogP contribution < -0.4 is 0 Å². The van der Waals surface area contributed by atoms with Gasteiger partial charge in [-0.15, -0.1) is 10.2 Å². The maximum Gasteiger partial charge on any atom is 0.230 e. The molecule has 1 aromatic heterocycles. The summed E-state index contributed by atoms with van der Waals surface area (Å²) in [7, 11) is 0. The Hall–Kier alpha value is -2.46. The second kappa shape index (κ2) is 6.34. The number of hydrogen-bond acceptors (Lipinski definition) is 4. The third-order valence-corrected chi connectivity index (χ3v) is 4.28. The summed E-state index contributed by atoms with van der Waals surface area (Å²) in [5, 5.41) is 8.38. The molecule has 4 heteroatoms. The van der Waals surface area contributed by atoms with Gasteiger partial charge in [0.05, 0.1) is 13.0 Å². The van der Waals surface area contributed by atoms with Crippen LogP contribution in [0.25, 0.3) is 0 Å². The number of aromatic nitrogens is 2. The molecule has 0 N–H and O–H groups in total. The Kier molecular flexibility index (Phi) is 3.90. The van der Waals surface area contributed by atoms with Crippen molar-refractivity contribution >= 4 is 0 Å². The van der Waals surface area contributed by atoms with Gasteiger partial charge in [0, 0.05) is 13.1 Å². The number of rotatable bonds is 4. The van der Waals surface area contributed by atoms with E-state index in [-0.39, 0.29) is 0 Å². The molecular weight excluding hydrogens is 286 g/mol. The molecule has 0 amide bonds. The second-order valence-corrected chi connectivity index (χ2v) is 5.98. The lowest BCUT2D eigenvalue weighted by Gasteiger charge is -2.27.